The summed E-state index contributed by atoms with van der Waals surface area (Å²) >= 11 is 0. The van der Waals surface area contributed by atoms with Gasteiger partial charge < -0.3 is 15.0 Å². The first-order chi connectivity index (χ1) is 11.5. The highest BCUT2D eigenvalue weighted by Crippen LogP contribution is 2.20. The number of fused-ring (bicyclic) bond motifs is 1. The summed E-state index contributed by atoms with van der Waals surface area (Å²) in [6.07, 6.45) is 1.47. The molecule has 0 saturated carbocycles. The highest BCUT2D eigenvalue weighted by Gasteiger charge is 2.13. The van der Waals surface area contributed by atoms with E-state index in [1.165, 1.54) is 12.3 Å². The van der Waals surface area contributed by atoms with Gasteiger partial charge in [0.2, 0.25) is 0 Å². The maximum absolute atomic E-state index is 12.4. The van der Waals surface area contributed by atoms with Crippen LogP contribution in [0.4, 0.5) is 5.82 Å². The quantitative estimate of drug-likeness (QED) is 0.769. The molecule has 1 amide bonds. The maximum Gasteiger partial charge on any atom is 0.272 e. The summed E-state index contributed by atoms with van der Waals surface area (Å²) in [5.74, 6) is -0.440. The molecule has 2 N–H and O–H groups in total. The van der Waals surface area contributed by atoms with Crippen LogP contribution in [-0.2, 0) is 6.54 Å². The van der Waals surface area contributed by atoms with Crippen LogP contribution in [0.15, 0.2) is 41.3 Å². The Balaban J connectivity index is 2.02. The number of rotatable bonds is 3. The highest BCUT2D eigenvalue weighted by molar-refractivity contribution is 6.06. The molecule has 0 aliphatic rings. The molecule has 0 aliphatic heterocycles. The van der Waals surface area contributed by atoms with Gasteiger partial charge >= 0.3 is 0 Å². The van der Waals surface area contributed by atoms with Crippen LogP contribution in [0.3, 0.4) is 0 Å². The van der Waals surface area contributed by atoms with Crippen molar-refractivity contribution in [3.05, 3.63) is 58.1 Å². The molecule has 0 fully saturated rings. The number of carbonyl (C=O) groups excluding carboxylic acids is 1. The van der Waals surface area contributed by atoms with Crippen molar-refractivity contribution in [2.75, 3.05) is 5.32 Å². The van der Waals surface area contributed by atoms with Crippen molar-refractivity contribution in [2.45, 2.75) is 20.4 Å². The second-order valence-electron chi connectivity index (χ2n) is 5.28. The van der Waals surface area contributed by atoms with E-state index in [1.54, 1.807) is 35.8 Å². The Labute approximate surface area is 137 Å². The standard InChI is InChI=1S/C17H16N4O3/c1-3-21-13-7-6-11(9-12(13)19-10(2)17(21)24)16(23)20-15-14(22)5-4-8-18-15/h4-9,22H,3H2,1-2H3,(H,18,20,23). The van der Waals surface area contributed by atoms with Gasteiger partial charge in [-0.05, 0) is 44.2 Å². The maximum atomic E-state index is 12.4. The molecule has 0 aliphatic carbocycles. The van der Waals surface area contributed by atoms with E-state index in [-0.39, 0.29) is 17.1 Å². The zero-order valence-electron chi connectivity index (χ0n) is 13.3. The average Bonchev–Trinajstić information content (AvgIpc) is 2.57. The molecule has 2 aromatic heterocycles. The van der Waals surface area contributed by atoms with E-state index in [1.807, 2.05) is 6.92 Å². The van der Waals surface area contributed by atoms with Gasteiger partial charge in [-0.3, -0.25) is 9.59 Å². The van der Waals surface area contributed by atoms with Crippen molar-refractivity contribution in [1.82, 2.24) is 14.5 Å². The normalized spacial score (nSPS) is 10.8. The lowest BCUT2D eigenvalue weighted by Gasteiger charge is -2.10. The second kappa shape index (κ2) is 6.11. The van der Waals surface area contributed by atoms with E-state index >= 15 is 0 Å². The van der Waals surface area contributed by atoms with Crippen LogP contribution in [0.25, 0.3) is 11.0 Å². The molecule has 7 nitrogen and oxygen atoms in total. The molecule has 0 bridgehead atoms. The fourth-order valence-electron chi connectivity index (χ4n) is 2.50. The minimum Gasteiger partial charge on any atom is -0.504 e. The van der Waals surface area contributed by atoms with Gasteiger partial charge in [0.1, 0.15) is 5.69 Å². The van der Waals surface area contributed by atoms with Crippen LogP contribution in [0.1, 0.15) is 23.0 Å². The Morgan fingerprint density at radius 1 is 1.33 bits per heavy atom. The summed E-state index contributed by atoms with van der Waals surface area (Å²) in [5, 5.41) is 12.2. The first-order valence-corrected chi connectivity index (χ1v) is 7.47. The third-order valence-corrected chi connectivity index (χ3v) is 3.71. The highest BCUT2D eigenvalue weighted by atomic mass is 16.3. The lowest BCUT2D eigenvalue weighted by Crippen LogP contribution is -2.23. The topological polar surface area (TPSA) is 97.1 Å². The van der Waals surface area contributed by atoms with Crippen LogP contribution in [0, 0.1) is 6.92 Å². The first-order valence-electron chi connectivity index (χ1n) is 7.47. The molecule has 0 spiro atoms. The number of benzene rings is 1. The number of aromatic hydroxyl groups is 1. The molecule has 0 unspecified atom stereocenters. The number of hydrogen-bond acceptors (Lipinski definition) is 5. The van der Waals surface area contributed by atoms with Crippen LogP contribution in [-0.4, -0.2) is 25.5 Å². The zero-order valence-corrected chi connectivity index (χ0v) is 13.3. The second-order valence-corrected chi connectivity index (χ2v) is 5.28. The number of carbonyl (C=O) groups is 1. The number of anilines is 1. The Kier molecular flexibility index (Phi) is 3.99. The monoisotopic (exact) mass is 324 g/mol. The van der Waals surface area contributed by atoms with E-state index in [9.17, 15) is 14.7 Å². The molecular weight excluding hydrogens is 308 g/mol. The van der Waals surface area contributed by atoms with E-state index in [2.05, 4.69) is 15.3 Å². The van der Waals surface area contributed by atoms with Gasteiger partial charge in [0.25, 0.3) is 11.5 Å². The van der Waals surface area contributed by atoms with Gasteiger partial charge in [-0.1, -0.05) is 0 Å². The van der Waals surface area contributed by atoms with Crippen LogP contribution in [0.5, 0.6) is 5.75 Å². The Morgan fingerprint density at radius 3 is 2.83 bits per heavy atom. The molecule has 24 heavy (non-hydrogen) atoms. The van der Waals surface area contributed by atoms with Crippen molar-refractivity contribution in [3.63, 3.8) is 0 Å². The summed E-state index contributed by atoms with van der Waals surface area (Å²) in [6.45, 7) is 4.05. The first kappa shape index (κ1) is 15.7. The van der Waals surface area contributed by atoms with Crippen molar-refractivity contribution in [3.8, 4) is 5.75 Å². The van der Waals surface area contributed by atoms with E-state index in [0.717, 1.165) is 0 Å². The van der Waals surface area contributed by atoms with Crippen molar-refractivity contribution in [2.24, 2.45) is 0 Å². The fraction of sp³-hybridized carbons (Fsp3) is 0.176. The summed E-state index contributed by atoms with van der Waals surface area (Å²) < 4.78 is 1.62. The Bertz CT molecular complexity index is 995. The molecular formula is C17H16N4O3. The zero-order chi connectivity index (χ0) is 17.3. The Morgan fingerprint density at radius 2 is 2.12 bits per heavy atom. The number of hydrogen-bond donors (Lipinski definition) is 2. The molecule has 0 radical (unpaired) electrons. The van der Waals surface area contributed by atoms with E-state index in [4.69, 9.17) is 0 Å². The summed E-state index contributed by atoms with van der Waals surface area (Å²) in [6, 6.07) is 7.93. The SMILES string of the molecule is CCn1c(=O)c(C)nc2cc(C(=O)Nc3ncccc3O)ccc21. The fourth-order valence-corrected chi connectivity index (χ4v) is 2.50. The summed E-state index contributed by atoms with van der Waals surface area (Å²) in [4.78, 5) is 32.6. The van der Waals surface area contributed by atoms with Crippen molar-refractivity contribution >= 4 is 22.8 Å². The van der Waals surface area contributed by atoms with Gasteiger partial charge in [0.05, 0.1) is 11.0 Å². The summed E-state index contributed by atoms with van der Waals surface area (Å²) in [5.41, 5.74) is 1.84. The van der Waals surface area contributed by atoms with Crippen LogP contribution in [0.2, 0.25) is 0 Å². The Hall–Kier alpha value is -3.22. The van der Waals surface area contributed by atoms with Crippen LogP contribution < -0.4 is 10.9 Å². The molecule has 122 valence electrons. The van der Waals surface area contributed by atoms with Crippen molar-refractivity contribution < 1.29 is 9.90 Å². The van der Waals surface area contributed by atoms with E-state index < -0.39 is 5.91 Å². The van der Waals surface area contributed by atoms with Gasteiger partial charge in [0, 0.05) is 18.3 Å². The third kappa shape index (κ3) is 2.71. The van der Waals surface area contributed by atoms with Gasteiger partial charge in [-0.15, -0.1) is 0 Å². The molecule has 7 heteroatoms. The lowest BCUT2D eigenvalue weighted by molar-refractivity contribution is 0.102. The third-order valence-electron chi connectivity index (χ3n) is 3.71. The minimum absolute atomic E-state index is 0.0882. The molecule has 2 heterocycles. The number of aromatic nitrogens is 3. The molecule has 0 saturated heterocycles. The number of nitrogens with one attached hydrogen (secondary N) is 1. The molecule has 0 atom stereocenters. The van der Waals surface area contributed by atoms with Crippen LogP contribution >= 0.6 is 0 Å². The summed E-state index contributed by atoms with van der Waals surface area (Å²) in [7, 11) is 0. The predicted molar refractivity (Wildman–Crippen MR) is 90.3 cm³/mol. The molecule has 3 rings (SSSR count). The number of aryl methyl sites for hydroxylation is 2. The number of amides is 1. The van der Waals surface area contributed by atoms with Gasteiger partial charge in [0.15, 0.2) is 11.6 Å². The smallest absolute Gasteiger partial charge is 0.272 e. The predicted octanol–water partition coefficient (Wildman–Crippen LogP) is 2.08. The molecule has 3 aromatic rings. The average molecular weight is 324 g/mol. The minimum atomic E-state index is -0.417. The van der Waals surface area contributed by atoms with Crippen molar-refractivity contribution in [1.29, 1.82) is 0 Å². The van der Waals surface area contributed by atoms with Gasteiger partial charge in [-0.25, -0.2) is 9.97 Å². The lowest BCUT2D eigenvalue weighted by atomic mass is 10.1. The number of nitrogens with zero attached hydrogens (tertiary/aromatic N) is 3. The molecule has 1 aromatic carbocycles. The van der Waals surface area contributed by atoms with E-state index in [0.29, 0.717) is 28.8 Å². The number of pyridine rings is 1. The van der Waals surface area contributed by atoms with Gasteiger partial charge in [-0.2, -0.15) is 0 Å². The largest absolute Gasteiger partial charge is 0.504 e.